The molecule has 0 heterocycles. The van der Waals surface area contributed by atoms with Crippen molar-refractivity contribution in [3.63, 3.8) is 0 Å². The van der Waals surface area contributed by atoms with Crippen molar-refractivity contribution in [3.8, 4) is 0 Å². The maximum absolute atomic E-state index is 13.3. The average Bonchev–Trinajstić information content (AvgIpc) is 2.40. The van der Waals surface area contributed by atoms with Gasteiger partial charge in [0.1, 0.15) is 5.82 Å². The minimum absolute atomic E-state index is 0.160. The molecule has 1 amide bonds. The molecule has 1 N–H and O–H groups in total. The smallest absolute Gasteiger partial charge is 0.306 e. The number of hydrogen-bond acceptors (Lipinski definition) is 4. The summed E-state index contributed by atoms with van der Waals surface area (Å²) < 4.78 is 17.8. The molecular weight excluding hydrogens is 269 g/mol. The van der Waals surface area contributed by atoms with Crippen LogP contribution in [0.25, 0.3) is 0 Å². The van der Waals surface area contributed by atoms with Crippen molar-refractivity contribution >= 4 is 29.3 Å². The van der Waals surface area contributed by atoms with Crippen LogP contribution in [0.2, 0.25) is 0 Å². The van der Waals surface area contributed by atoms with E-state index in [-0.39, 0.29) is 29.2 Å². The minimum Gasteiger partial charge on any atom is -0.469 e. The van der Waals surface area contributed by atoms with Gasteiger partial charge in [0.15, 0.2) is 0 Å². The highest BCUT2D eigenvalue weighted by atomic mass is 32.2. The maximum atomic E-state index is 13.3. The summed E-state index contributed by atoms with van der Waals surface area (Å²) in [7, 11) is 1.32. The third-order valence-corrected chi connectivity index (χ3v) is 3.56. The van der Waals surface area contributed by atoms with Crippen molar-refractivity contribution < 1.29 is 18.7 Å². The SMILES string of the molecule is COC(=O)CCSC(C)C(=O)Nc1ccccc1F. The van der Waals surface area contributed by atoms with Crippen LogP contribution in [0.1, 0.15) is 13.3 Å². The van der Waals surface area contributed by atoms with Crippen molar-refractivity contribution in [2.24, 2.45) is 0 Å². The molecule has 1 atom stereocenters. The van der Waals surface area contributed by atoms with Crippen molar-refractivity contribution in [1.29, 1.82) is 0 Å². The van der Waals surface area contributed by atoms with Crippen LogP contribution in [0.4, 0.5) is 10.1 Å². The third kappa shape index (κ3) is 5.30. The Bertz CT molecular complexity index is 453. The number of methoxy groups -OCH3 is 1. The number of benzene rings is 1. The van der Waals surface area contributed by atoms with E-state index in [2.05, 4.69) is 10.1 Å². The highest BCUT2D eigenvalue weighted by Crippen LogP contribution is 2.17. The summed E-state index contributed by atoms with van der Waals surface area (Å²) in [5, 5.41) is 2.14. The first kappa shape index (κ1) is 15.5. The van der Waals surface area contributed by atoms with E-state index in [4.69, 9.17) is 0 Å². The maximum Gasteiger partial charge on any atom is 0.306 e. The number of rotatable bonds is 6. The Hall–Kier alpha value is -1.56. The van der Waals surface area contributed by atoms with Crippen LogP contribution in [0, 0.1) is 5.82 Å². The Morgan fingerprint density at radius 1 is 1.42 bits per heavy atom. The van der Waals surface area contributed by atoms with E-state index < -0.39 is 5.82 Å². The summed E-state index contributed by atoms with van der Waals surface area (Å²) >= 11 is 1.32. The van der Waals surface area contributed by atoms with Gasteiger partial charge in [0.2, 0.25) is 5.91 Å². The van der Waals surface area contributed by atoms with Gasteiger partial charge in [-0.1, -0.05) is 12.1 Å². The second kappa shape index (κ2) is 7.78. The van der Waals surface area contributed by atoms with E-state index in [0.29, 0.717) is 5.75 Å². The Morgan fingerprint density at radius 2 is 2.11 bits per heavy atom. The van der Waals surface area contributed by atoms with Crippen LogP contribution in [0.3, 0.4) is 0 Å². The van der Waals surface area contributed by atoms with Crippen LogP contribution < -0.4 is 5.32 Å². The number of nitrogens with one attached hydrogen (secondary N) is 1. The van der Waals surface area contributed by atoms with Crippen LogP contribution in [-0.2, 0) is 14.3 Å². The summed E-state index contributed by atoms with van der Waals surface area (Å²) in [6, 6.07) is 5.98. The summed E-state index contributed by atoms with van der Waals surface area (Å²) in [6.07, 6.45) is 0.248. The molecule has 0 aliphatic carbocycles. The summed E-state index contributed by atoms with van der Waals surface area (Å²) in [5.41, 5.74) is 0.160. The van der Waals surface area contributed by atoms with E-state index in [1.54, 1.807) is 19.1 Å². The molecule has 19 heavy (non-hydrogen) atoms. The minimum atomic E-state index is -0.470. The Morgan fingerprint density at radius 3 is 2.74 bits per heavy atom. The van der Waals surface area contributed by atoms with Gasteiger partial charge in [-0.25, -0.2) is 4.39 Å². The molecule has 0 aromatic heterocycles. The summed E-state index contributed by atoms with van der Waals surface area (Å²) in [4.78, 5) is 22.7. The molecule has 0 aliphatic heterocycles. The lowest BCUT2D eigenvalue weighted by Gasteiger charge is -2.12. The summed E-state index contributed by atoms with van der Waals surface area (Å²) in [5.74, 6) is -0.588. The number of carbonyl (C=O) groups excluding carboxylic acids is 2. The van der Waals surface area contributed by atoms with Gasteiger partial charge >= 0.3 is 5.97 Å². The van der Waals surface area contributed by atoms with E-state index in [9.17, 15) is 14.0 Å². The molecule has 1 rings (SSSR count). The zero-order valence-corrected chi connectivity index (χ0v) is 11.6. The number of carbonyl (C=O) groups is 2. The summed E-state index contributed by atoms with van der Waals surface area (Å²) in [6.45, 7) is 1.71. The zero-order valence-electron chi connectivity index (χ0n) is 10.8. The van der Waals surface area contributed by atoms with Crippen LogP contribution in [0.15, 0.2) is 24.3 Å². The van der Waals surface area contributed by atoms with E-state index in [1.165, 1.54) is 31.0 Å². The van der Waals surface area contributed by atoms with Crippen molar-refractivity contribution in [1.82, 2.24) is 0 Å². The lowest BCUT2D eigenvalue weighted by Crippen LogP contribution is -2.23. The van der Waals surface area contributed by atoms with Crippen molar-refractivity contribution in [3.05, 3.63) is 30.1 Å². The zero-order chi connectivity index (χ0) is 14.3. The molecule has 6 heteroatoms. The Balaban J connectivity index is 2.41. The fraction of sp³-hybridized carbons (Fsp3) is 0.385. The molecule has 0 saturated heterocycles. The van der Waals surface area contributed by atoms with Gasteiger partial charge in [-0.15, -0.1) is 11.8 Å². The molecule has 1 aromatic rings. The average molecular weight is 285 g/mol. The lowest BCUT2D eigenvalue weighted by molar-refractivity contribution is -0.140. The second-order valence-corrected chi connectivity index (χ2v) is 5.26. The first-order valence-corrected chi connectivity index (χ1v) is 6.83. The molecule has 4 nitrogen and oxygen atoms in total. The van der Waals surface area contributed by atoms with E-state index in [1.807, 2.05) is 0 Å². The van der Waals surface area contributed by atoms with Gasteiger partial charge < -0.3 is 10.1 Å². The first-order chi connectivity index (χ1) is 9.04. The topological polar surface area (TPSA) is 55.4 Å². The fourth-order valence-corrected chi connectivity index (χ4v) is 2.14. The Labute approximate surface area is 115 Å². The van der Waals surface area contributed by atoms with Crippen LogP contribution >= 0.6 is 11.8 Å². The van der Waals surface area contributed by atoms with Gasteiger partial charge in [0.25, 0.3) is 0 Å². The fourth-order valence-electron chi connectivity index (χ4n) is 1.29. The molecule has 0 bridgehead atoms. The number of para-hydroxylation sites is 1. The predicted octanol–water partition coefficient (Wildman–Crippen LogP) is 2.45. The second-order valence-electron chi connectivity index (χ2n) is 3.81. The normalized spacial score (nSPS) is 11.7. The number of amides is 1. The lowest BCUT2D eigenvalue weighted by atomic mass is 10.3. The molecule has 1 unspecified atom stereocenters. The van der Waals surface area contributed by atoms with E-state index >= 15 is 0 Å². The van der Waals surface area contributed by atoms with Gasteiger partial charge in [-0.2, -0.15) is 0 Å². The monoisotopic (exact) mass is 285 g/mol. The highest BCUT2D eigenvalue weighted by Gasteiger charge is 2.15. The standard InChI is InChI=1S/C13H16FNO3S/c1-9(19-8-7-12(16)18-2)13(17)15-11-6-4-3-5-10(11)14/h3-6,9H,7-8H2,1-2H3,(H,15,17). The molecule has 0 spiro atoms. The first-order valence-electron chi connectivity index (χ1n) is 5.78. The molecular formula is C13H16FNO3S. The van der Waals surface area contributed by atoms with Gasteiger partial charge in [0.05, 0.1) is 24.5 Å². The molecule has 0 aliphatic rings. The Kier molecular flexibility index (Phi) is 6.35. The largest absolute Gasteiger partial charge is 0.469 e. The van der Waals surface area contributed by atoms with Gasteiger partial charge in [-0.05, 0) is 19.1 Å². The number of anilines is 1. The van der Waals surface area contributed by atoms with Crippen molar-refractivity contribution in [2.75, 3.05) is 18.2 Å². The third-order valence-electron chi connectivity index (χ3n) is 2.40. The van der Waals surface area contributed by atoms with Gasteiger partial charge in [-0.3, -0.25) is 9.59 Å². The van der Waals surface area contributed by atoms with Crippen molar-refractivity contribution in [2.45, 2.75) is 18.6 Å². The molecule has 0 radical (unpaired) electrons. The van der Waals surface area contributed by atoms with Crippen LogP contribution in [-0.4, -0.2) is 30.0 Å². The predicted molar refractivity (Wildman–Crippen MR) is 73.6 cm³/mol. The van der Waals surface area contributed by atoms with Gasteiger partial charge in [0, 0.05) is 5.75 Å². The van der Waals surface area contributed by atoms with Crippen LogP contribution in [0.5, 0.6) is 0 Å². The van der Waals surface area contributed by atoms with E-state index in [0.717, 1.165) is 0 Å². The molecule has 0 fully saturated rings. The molecule has 104 valence electrons. The number of thioether (sulfide) groups is 1. The molecule has 0 saturated carbocycles. The molecule has 1 aromatic carbocycles. The number of hydrogen-bond donors (Lipinski definition) is 1. The number of ether oxygens (including phenoxy) is 1. The quantitative estimate of drug-likeness (QED) is 0.816. The number of halogens is 1. The highest BCUT2D eigenvalue weighted by molar-refractivity contribution is 8.00. The number of esters is 1.